The SMILES string of the molecule is C[PH+](C)c1ccccc1.[Au+].[CH3-]. The molecule has 0 nitrogen and oxygen atoms in total. The van der Waals surface area contributed by atoms with E-state index in [0.717, 1.165) is 0 Å². The summed E-state index contributed by atoms with van der Waals surface area (Å²) in [5, 5.41) is 1.52. The van der Waals surface area contributed by atoms with E-state index in [2.05, 4.69) is 43.7 Å². The Morgan fingerprint density at radius 1 is 1.00 bits per heavy atom. The average molecular weight is 351 g/mol. The van der Waals surface area contributed by atoms with Crippen LogP contribution in [0.4, 0.5) is 0 Å². The molecule has 0 atom stereocenters. The normalized spacial score (nSPS) is 8.27. The number of rotatable bonds is 1. The van der Waals surface area contributed by atoms with Gasteiger partial charge in [0, 0.05) is 7.92 Å². The minimum absolute atomic E-state index is 0. The Bertz CT molecular complexity index is 172. The molecule has 0 aromatic heterocycles. The molecule has 1 aromatic rings. The molecule has 0 saturated heterocycles. The second-order valence-corrected chi connectivity index (χ2v) is 4.94. The standard InChI is InChI=1S/C8H11P.CH3.Au/c1-9(2)8-6-4-3-5-7-8;;/h3-7H,1-2H3;1H3;/q;-1;+1/p+1. The first-order valence-electron chi connectivity index (χ1n) is 3.16. The van der Waals surface area contributed by atoms with E-state index in [0.29, 0.717) is 0 Å². The Morgan fingerprint density at radius 2 is 1.45 bits per heavy atom. The molecule has 0 bridgehead atoms. The third-order valence-corrected chi connectivity index (χ3v) is 2.84. The van der Waals surface area contributed by atoms with Crippen molar-refractivity contribution in [2.24, 2.45) is 0 Å². The molecule has 0 aliphatic carbocycles. The van der Waals surface area contributed by atoms with E-state index in [9.17, 15) is 0 Å². The van der Waals surface area contributed by atoms with Crippen molar-refractivity contribution in [1.82, 2.24) is 0 Å². The van der Waals surface area contributed by atoms with Crippen LogP contribution in [0.3, 0.4) is 0 Å². The van der Waals surface area contributed by atoms with Crippen molar-refractivity contribution in [3.63, 3.8) is 0 Å². The van der Waals surface area contributed by atoms with E-state index in [-0.39, 0.29) is 37.7 Å². The molecule has 0 aliphatic heterocycles. The van der Waals surface area contributed by atoms with E-state index in [4.69, 9.17) is 0 Å². The van der Waals surface area contributed by atoms with Gasteiger partial charge in [0.25, 0.3) is 0 Å². The summed E-state index contributed by atoms with van der Waals surface area (Å²) in [7, 11) is -0.212. The first kappa shape index (κ1) is 13.9. The van der Waals surface area contributed by atoms with Gasteiger partial charge in [0.1, 0.15) is 0 Å². The van der Waals surface area contributed by atoms with E-state index in [1.54, 1.807) is 0 Å². The fraction of sp³-hybridized carbons (Fsp3) is 0.222. The summed E-state index contributed by atoms with van der Waals surface area (Å²) < 4.78 is 0. The van der Waals surface area contributed by atoms with Gasteiger partial charge in [0.05, 0.1) is 18.6 Å². The predicted molar refractivity (Wildman–Crippen MR) is 52.7 cm³/mol. The van der Waals surface area contributed by atoms with Crippen molar-refractivity contribution in [3.8, 4) is 0 Å². The Morgan fingerprint density at radius 3 is 1.73 bits per heavy atom. The summed E-state index contributed by atoms with van der Waals surface area (Å²) in [6.07, 6.45) is 0. The third-order valence-electron chi connectivity index (χ3n) is 1.35. The number of benzene rings is 1. The molecule has 0 heterocycles. The van der Waals surface area contributed by atoms with Gasteiger partial charge in [-0.05, 0) is 12.1 Å². The monoisotopic (exact) mass is 351 g/mol. The topological polar surface area (TPSA) is 0 Å². The molecule has 0 saturated carbocycles. The summed E-state index contributed by atoms with van der Waals surface area (Å²) in [6, 6.07) is 10.7. The van der Waals surface area contributed by atoms with Gasteiger partial charge >= 0.3 is 22.4 Å². The molecule has 11 heavy (non-hydrogen) atoms. The van der Waals surface area contributed by atoms with Crippen molar-refractivity contribution in [3.05, 3.63) is 37.8 Å². The quantitative estimate of drug-likeness (QED) is 0.414. The molecule has 1 aromatic carbocycles. The number of hydrogen-bond donors (Lipinski definition) is 0. The van der Waals surface area contributed by atoms with Crippen LogP contribution in [-0.2, 0) is 22.4 Å². The smallest absolute Gasteiger partial charge is 0.358 e. The summed E-state index contributed by atoms with van der Waals surface area (Å²) in [5.41, 5.74) is 0. The van der Waals surface area contributed by atoms with Gasteiger partial charge in [-0.3, -0.25) is 0 Å². The van der Waals surface area contributed by atoms with Crippen LogP contribution in [0.1, 0.15) is 0 Å². The molecule has 0 unspecified atom stereocenters. The predicted octanol–water partition coefficient (Wildman–Crippen LogP) is 2.23. The molecular weight excluding hydrogens is 336 g/mol. The minimum atomic E-state index is -0.212. The Hall–Kier alpha value is 0.390. The number of hydrogen-bond acceptors (Lipinski definition) is 0. The average Bonchev–Trinajstić information content (AvgIpc) is 1.90. The van der Waals surface area contributed by atoms with Crippen molar-refractivity contribution >= 4 is 13.2 Å². The second kappa shape index (κ2) is 7.06. The Labute approximate surface area is 86.7 Å². The maximum absolute atomic E-state index is 2.31. The fourth-order valence-corrected chi connectivity index (χ4v) is 1.63. The summed E-state index contributed by atoms with van der Waals surface area (Å²) in [6.45, 7) is 4.61. The molecule has 0 N–H and O–H groups in total. The first-order chi connectivity index (χ1) is 4.30. The molecule has 1 rings (SSSR count). The van der Waals surface area contributed by atoms with Gasteiger partial charge in [-0.15, -0.1) is 0 Å². The van der Waals surface area contributed by atoms with Crippen molar-refractivity contribution in [2.75, 3.05) is 13.3 Å². The van der Waals surface area contributed by atoms with Crippen LogP contribution in [0.5, 0.6) is 0 Å². The van der Waals surface area contributed by atoms with Crippen LogP contribution in [-0.4, -0.2) is 13.3 Å². The van der Waals surface area contributed by atoms with Gasteiger partial charge in [0.15, 0.2) is 0 Å². The van der Waals surface area contributed by atoms with Gasteiger partial charge in [0.2, 0.25) is 0 Å². The summed E-state index contributed by atoms with van der Waals surface area (Å²) in [4.78, 5) is 0. The Balaban J connectivity index is 0. The minimum Gasteiger partial charge on any atom is -0.358 e. The molecule has 66 valence electrons. The second-order valence-electron chi connectivity index (χ2n) is 2.37. The van der Waals surface area contributed by atoms with Crippen molar-refractivity contribution < 1.29 is 22.4 Å². The largest absolute Gasteiger partial charge is 1.00 e. The molecule has 0 aliphatic rings. The van der Waals surface area contributed by atoms with Gasteiger partial charge in [-0.25, -0.2) is 0 Å². The van der Waals surface area contributed by atoms with Crippen LogP contribution >= 0.6 is 7.92 Å². The Kier molecular flexibility index (Phi) is 8.95. The third kappa shape index (κ3) is 4.76. The molecule has 2 heteroatoms. The zero-order valence-electron chi connectivity index (χ0n) is 7.19. The molecule has 0 fully saturated rings. The van der Waals surface area contributed by atoms with Crippen LogP contribution < -0.4 is 5.30 Å². The maximum Gasteiger partial charge on any atom is 1.00 e. The molecule has 0 amide bonds. The van der Waals surface area contributed by atoms with Crippen molar-refractivity contribution in [1.29, 1.82) is 0 Å². The molecule has 0 radical (unpaired) electrons. The van der Waals surface area contributed by atoms with Crippen LogP contribution in [0.25, 0.3) is 0 Å². The summed E-state index contributed by atoms with van der Waals surface area (Å²) in [5.74, 6) is 0. The maximum atomic E-state index is 2.31. The zero-order valence-corrected chi connectivity index (χ0v) is 10.4. The fourth-order valence-electron chi connectivity index (χ4n) is 0.771. The molecule has 0 spiro atoms. The van der Waals surface area contributed by atoms with E-state index < -0.39 is 0 Å². The van der Waals surface area contributed by atoms with Gasteiger partial charge in [-0.1, -0.05) is 18.2 Å². The van der Waals surface area contributed by atoms with Crippen LogP contribution in [0, 0.1) is 7.43 Å². The summed E-state index contributed by atoms with van der Waals surface area (Å²) >= 11 is 0. The van der Waals surface area contributed by atoms with Crippen LogP contribution in [0.2, 0.25) is 0 Å². The van der Waals surface area contributed by atoms with E-state index in [1.807, 2.05) is 0 Å². The first-order valence-corrected chi connectivity index (χ1v) is 5.66. The van der Waals surface area contributed by atoms with Gasteiger partial charge in [-0.2, -0.15) is 0 Å². The van der Waals surface area contributed by atoms with E-state index >= 15 is 0 Å². The van der Waals surface area contributed by atoms with Gasteiger partial charge < -0.3 is 7.43 Å². The molecular formula is C9H15AuP+. The zero-order chi connectivity index (χ0) is 6.69. The van der Waals surface area contributed by atoms with Crippen molar-refractivity contribution in [2.45, 2.75) is 0 Å². The van der Waals surface area contributed by atoms with Crippen LogP contribution in [0.15, 0.2) is 30.3 Å². The van der Waals surface area contributed by atoms with E-state index in [1.165, 1.54) is 5.30 Å².